The van der Waals surface area contributed by atoms with Gasteiger partial charge >= 0.3 is 0 Å². The van der Waals surface area contributed by atoms with Crippen LogP contribution in [0.15, 0.2) is 4.90 Å². The molecule has 1 aromatic heterocycles. The lowest BCUT2D eigenvalue weighted by molar-refractivity contribution is 0.404. The summed E-state index contributed by atoms with van der Waals surface area (Å²) in [4.78, 5) is -0.0157. The van der Waals surface area contributed by atoms with Crippen molar-refractivity contribution in [1.29, 1.82) is 0 Å². The van der Waals surface area contributed by atoms with Gasteiger partial charge in [-0.15, -0.1) is 11.6 Å². The minimum atomic E-state index is -3.96. The van der Waals surface area contributed by atoms with E-state index in [0.29, 0.717) is 11.4 Å². The number of sulfonamides is 1. The van der Waals surface area contributed by atoms with Crippen molar-refractivity contribution in [2.24, 2.45) is 0 Å². The third-order valence-electron chi connectivity index (χ3n) is 3.19. The summed E-state index contributed by atoms with van der Waals surface area (Å²) in [5.74, 6) is 0.717. The van der Waals surface area contributed by atoms with Crippen molar-refractivity contribution in [2.45, 2.75) is 23.1 Å². The molecule has 1 aliphatic heterocycles. The lowest BCUT2D eigenvalue weighted by atomic mass is 10.4. The Balaban J connectivity index is 2.53. The van der Waals surface area contributed by atoms with E-state index in [1.54, 1.807) is 6.92 Å². The Kier molecular flexibility index (Phi) is 4.94. The second-order valence-electron chi connectivity index (χ2n) is 4.73. The fraction of sp³-hybridized carbons (Fsp3) is 0.700. The zero-order chi connectivity index (χ0) is 15.8. The maximum absolute atomic E-state index is 12.8. The van der Waals surface area contributed by atoms with Gasteiger partial charge in [0.05, 0.1) is 17.3 Å². The van der Waals surface area contributed by atoms with Crippen LogP contribution in [-0.2, 0) is 25.7 Å². The Hall–Kier alpha value is -0.290. The van der Waals surface area contributed by atoms with Crippen molar-refractivity contribution in [3.8, 4) is 0 Å². The van der Waals surface area contributed by atoms with Crippen molar-refractivity contribution < 1.29 is 16.8 Å². The van der Waals surface area contributed by atoms with E-state index in [1.807, 2.05) is 0 Å². The molecule has 1 unspecified atom stereocenters. The van der Waals surface area contributed by atoms with E-state index in [0.717, 1.165) is 10.6 Å². The number of hydrogen-bond donors (Lipinski definition) is 1. The van der Waals surface area contributed by atoms with Gasteiger partial charge in [0, 0.05) is 24.3 Å². The molecule has 0 amide bonds. The van der Waals surface area contributed by atoms with Gasteiger partial charge in [0.25, 0.3) is 0 Å². The van der Waals surface area contributed by atoms with Crippen LogP contribution in [0.5, 0.6) is 0 Å². The van der Waals surface area contributed by atoms with Crippen molar-refractivity contribution >= 4 is 43.2 Å². The number of hydrogen-bond acceptors (Lipinski definition) is 6. The fourth-order valence-corrected chi connectivity index (χ4v) is 7.97. The highest BCUT2D eigenvalue weighted by Gasteiger charge is 2.41. The second-order valence-corrected chi connectivity index (χ2v) is 10.2. The topological polar surface area (TPSA) is 100 Å². The first kappa shape index (κ1) is 17.1. The van der Waals surface area contributed by atoms with Crippen LogP contribution >= 0.6 is 23.4 Å². The van der Waals surface area contributed by atoms with Gasteiger partial charge in [0.2, 0.25) is 10.0 Å². The molecule has 2 heterocycles. The summed E-state index contributed by atoms with van der Waals surface area (Å²) in [6.45, 7) is 1.72. The van der Waals surface area contributed by atoms with E-state index in [1.165, 1.54) is 11.8 Å². The predicted molar refractivity (Wildman–Crippen MR) is 82.7 cm³/mol. The van der Waals surface area contributed by atoms with Crippen molar-refractivity contribution in [3.63, 3.8) is 0 Å². The van der Waals surface area contributed by atoms with E-state index in [9.17, 15) is 16.8 Å². The van der Waals surface area contributed by atoms with Gasteiger partial charge < -0.3 is 0 Å². The van der Waals surface area contributed by atoms with Crippen LogP contribution in [0, 0.1) is 6.92 Å². The van der Waals surface area contributed by atoms with Crippen LogP contribution in [0.3, 0.4) is 0 Å². The molecule has 1 aromatic rings. The average Bonchev–Trinajstić information content (AvgIpc) is 2.79. The zero-order valence-electron chi connectivity index (χ0n) is 11.5. The van der Waals surface area contributed by atoms with Gasteiger partial charge in [-0.3, -0.25) is 5.10 Å². The number of aromatic nitrogens is 2. The number of thioether (sulfide) groups is 1. The van der Waals surface area contributed by atoms with E-state index < -0.39 is 25.2 Å². The van der Waals surface area contributed by atoms with Gasteiger partial charge in [-0.1, -0.05) is 0 Å². The number of H-pyrrole nitrogens is 1. The number of nitrogens with zero attached hydrogens (tertiary/aromatic N) is 2. The number of alkyl halides is 1. The molecule has 7 nitrogen and oxygen atoms in total. The molecule has 0 saturated carbocycles. The van der Waals surface area contributed by atoms with E-state index >= 15 is 0 Å². The van der Waals surface area contributed by atoms with E-state index in [-0.39, 0.29) is 28.8 Å². The molecule has 0 aliphatic carbocycles. The summed E-state index contributed by atoms with van der Waals surface area (Å²) in [5, 5.41) is 5.40. The monoisotopic (exact) mass is 373 g/mol. The first-order valence-corrected chi connectivity index (χ1v) is 11.2. The lowest BCUT2D eigenvalue weighted by Crippen LogP contribution is -2.49. The summed E-state index contributed by atoms with van der Waals surface area (Å²) in [7, 11) is -7.48. The summed E-state index contributed by atoms with van der Waals surface area (Å²) in [6.07, 6.45) is 1.05. The Labute approximate surface area is 133 Å². The SMILES string of the molecule is Cc1[nH]nc(CCl)c1S(=O)(=O)N1CCSCC1S(C)(=O)=O. The Morgan fingerprint density at radius 3 is 2.67 bits per heavy atom. The zero-order valence-corrected chi connectivity index (χ0v) is 14.7. The number of rotatable bonds is 4. The molecule has 0 radical (unpaired) electrons. The third kappa shape index (κ3) is 3.24. The highest BCUT2D eigenvalue weighted by atomic mass is 35.5. The molecule has 2 rings (SSSR count). The maximum atomic E-state index is 12.8. The molecule has 1 fully saturated rings. The minimum absolute atomic E-state index is 0.0157. The molecule has 0 aromatic carbocycles. The Bertz CT molecular complexity index is 729. The largest absolute Gasteiger partial charge is 0.281 e. The normalized spacial score (nSPS) is 21.6. The van der Waals surface area contributed by atoms with Crippen LogP contribution in [0.4, 0.5) is 0 Å². The molecule has 1 aliphatic rings. The smallest absolute Gasteiger partial charge is 0.248 e. The minimum Gasteiger partial charge on any atom is -0.281 e. The third-order valence-corrected chi connectivity index (χ3v) is 8.33. The first-order chi connectivity index (χ1) is 9.69. The van der Waals surface area contributed by atoms with Crippen LogP contribution in [0.2, 0.25) is 0 Å². The maximum Gasteiger partial charge on any atom is 0.248 e. The highest BCUT2D eigenvalue weighted by Crippen LogP contribution is 2.30. The van der Waals surface area contributed by atoms with Crippen LogP contribution < -0.4 is 0 Å². The molecule has 11 heteroatoms. The average molecular weight is 374 g/mol. The number of halogens is 1. The molecular weight excluding hydrogens is 358 g/mol. The number of sulfone groups is 1. The number of nitrogens with one attached hydrogen (secondary N) is 1. The van der Waals surface area contributed by atoms with Gasteiger partial charge in [-0.05, 0) is 6.92 Å². The quantitative estimate of drug-likeness (QED) is 0.774. The molecule has 0 bridgehead atoms. The Morgan fingerprint density at radius 2 is 2.10 bits per heavy atom. The van der Waals surface area contributed by atoms with Gasteiger partial charge in [0.15, 0.2) is 9.84 Å². The molecule has 1 N–H and O–H groups in total. The van der Waals surface area contributed by atoms with Crippen LogP contribution in [0.25, 0.3) is 0 Å². The molecule has 1 atom stereocenters. The number of aromatic amines is 1. The summed E-state index contributed by atoms with van der Waals surface area (Å²) < 4.78 is 50.5. The van der Waals surface area contributed by atoms with Crippen LogP contribution in [0.1, 0.15) is 11.4 Å². The van der Waals surface area contributed by atoms with E-state index in [4.69, 9.17) is 11.6 Å². The van der Waals surface area contributed by atoms with Crippen molar-refractivity contribution in [2.75, 3.05) is 24.3 Å². The standard InChI is InChI=1S/C10H16ClN3O4S3/c1-7-10(8(5-11)13-12-7)21(17,18)14-3-4-19-6-9(14)20(2,15)16/h9H,3-6H2,1-2H3,(H,12,13). The first-order valence-electron chi connectivity index (χ1n) is 6.08. The van der Waals surface area contributed by atoms with Crippen LogP contribution in [-0.4, -0.2) is 61.0 Å². The van der Waals surface area contributed by atoms with Crippen molar-refractivity contribution in [1.82, 2.24) is 14.5 Å². The summed E-state index contributed by atoms with van der Waals surface area (Å²) in [5.41, 5.74) is 0.566. The molecular formula is C10H16ClN3O4S3. The second kappa shape index (κ2) is 6.07. The molecule has 120 valence electrons. The molecule has 0 spiro atoms. The van der Waals surface area contributed by atoms with Crippen molar-refractivity contribution in [3.05, 3.63) is 11.4 Å². The molecule has 1 saturated heterocycles. The lowest BCUT2D eigenvalue weighted by Gasteiger charge is -2.32. The predicted octanol–water partition coefficient (Wildman–Crippen LogP) is 0.565. The molecule has 21 heavy (non-hydrogen) atoms. The van der Waals surface area contributed by atoms with Gasteiger partial charge in [0.1, 0.15) is 10.3 Å². The van der Waals surface area contributed by atoms with Gasteiger partial charge in [-0.2, -0.15) is 21.2 Å². The highest BCUT2D eigenvalue weighted by molar-refractivity contribution is 8.01. The summed E-state index contributed by atoms with van der Waals surface area (Å²) >= 11 is 7.16. The Morgan fingerprint density at radius 1 is 1.43 bits per heavy atom. The van der Waals surface area contributed by atoms with E-state index in [2.05, 4.69) is 10.2 Å². The number of aryl methyl sites for hydroxylation is 1. The summed E-state index contributed by atoms with van der Waals surface area (Å²) in [6, 6.07) is 0. The van der Waals surface area contributed by atoms with Gasteiger partial charge in [-0.25, -0.2) is 16.8 Å². The fourth-order valence-electron chi connectivity index (χ4n) is 2.20.